The molecule has 0 aromatic heterocycles. The zero-order chi connectivity index (χ0) is 15.8. The van der Waals surface area contributed by atoms with Gasteiger partial charge in [-0.2, -0.15) is 13.2 Å². The topological polar surface area (TPSA) is 20.2 Å². The number of benzene rings is 2. The summed E-state index contributed by atoms with van der Waals surface area (Å²) in [6.07, 6.45) is -4.04. The predicted octanol–water partition coefficient (Wildman–Crippen LogP) is 4.81. The molecule has 1 unspecified atom stereocenters. The summed E-state index contributed by atoms with van der Waals surface area (Å²) in [5.74, 6) is 0.329. The highest BCUT2D eigenvalue weighted by molar-refractivity contribution is 5.87. The highest BCUT2D eigenvalue weighted by atomic mass is 19.4. The summed E-state index contributed by atoms with van der Waals surface area (Å²) in [4.78, 5) is 0. The van der Waals surface area contributed by atoms with E-state index in [2.05, 4.69) is 0 Å². The molecule has 0 amide bonds. The Bertz CT molecular complexity index is 642. The van der Waals surface area contributed by atoms with Gasteiger partial charge in [0.05, 0.1) is 0 Å². The van der Waals surface area contributed by atoms with Gasteiger partial charge in [-0.25, -0.2) is 0 Å². The summed E-state index contributed by atoms with van der Waals surface area (Å²) in [6.45, 7) is 4.83. The van der Waals surface area contributed by atoms with Crippen LogP contribution in [0.1, 0.15) is 31.9 Å². The summed E-state index contributed by atoms with van der Waals surface area (Å²) >= 11 is 0. The molecule has 0 bridgehead atoms. The lowest BCUT2D eigenvalue weighted by Crippen LogP contribution is -2.39. The number of halogens is 3. The van der Waals surface area contributed by atoms with Gasteiger partial charge in [-0.1, -0.05) is 50.2 Å². The molecule has 0 saturated heterocycles. The molecule has 0 aliphatic carbocycles. The fourth-order valence-electron chi connectivity index (χ4n) is 2.52. The van der Waals surface area contributed by atoms with Gasteiger partial charge in [0.25, 0.3) is 0 Å². The van der Waals surface area contributed by atoms with Crippen molar-refractivity contribution in [2.24, 2.45) is 5.92 Å². The number of hydrogen-bond donors (Lipinski definition) is 1. The van der Waals surface area contributed by atoms with Crippen LogP contribution in [0.15, 0.2) is 36.4 Å². The first-order chi connectivity index (χ1) is 9.63. The third kappa shape index (κ3) is 3.05. The SMILES string of the molecule is CC(C)Cc1cc(C(C)(O)C(F)(F)F)c2ccccc2c1. The molecule has 2 aromatic carbocycles. The van der Waals surface area contributed by atoms with E-state index >= 15 is 0 Å². The Morgan fingerprint density at radius 1 is 1.10 bits per heavy atom. The Morgan fingerprint density at radius 2 is 1.71 bits per heavy atom. The fourth-order valence-corrected chi connectivity index (χ4v) is 2.52. The van der Waals surface area contributed by atoms with E-state index in [9.17, 15) is 18.3 Å². The van der Waals surface area contributed by atoms with Crippen LogP contribution in [0.2, 0.25) is 0 Å². The molecule has 2 rings (SSSR count). The first kappa shape index (κ1) is 15.8. The van der Waals surface area contributed by atoms with E-state index in [0.717, 1.165) is 17.9 Å². The van der Waals surface area contributed by atoms with Crippen molar-refractivity contribution >= 4 is 10.8 Å². The Balaban J connectivity index is 2.71. The molecule has 0 aliphatic heterocycles. The maximum atomic E-state index is 13.2. The molecular weight excluding hydrogens is 277 g/mol. The average Bonchev–Trinajstić information content (AvgIpc) is 2.35. The van der Waals surface area contributed by atoms with Gasteiger partial charge in [0.2, 0.25) is 0 Å². The third-order valence-electron chi connectivity index (χ3n) is 3.64. The van der Waals surface area contributed by atoms with Crippen molar-refractivity contribution in [1.82, 2.24) is 0 Å². The molecular formula is C17H19F3O. The maximum absolute atomic E-state index is 13.2. The van der Waals surface area contributed by atoms with Crippen molar-refractivity contribution in [1.29, 1.82) is 0 Å². The first-order valence-corrected chi connectivity index (χ1v) is 6.94. The Labute approximate surface area is 122 Å². The van der Waals surface area contributed by atoms with E-state index in [-0.39, 0.29) is 5.56 Å². The van der Waals surface area contributed by atoms with Crippen LogP contribution in [0.4, 0.5) is 13.2 Å². The molecule has 4 heteroatoms. The highest BCUT2D eigenvalue weighted by Crippen LogP contribution is 2.41. The van der Waals surface area contributed by atoms with Gasteiger partial charge >= 0.3 is 6.18 Å². The number of alkyl halides is 3. The summed E-state index contributed by atoms with van der Waals surface area (Å²) < 4.78 is 39.6. The minimum absolute atomic E-state index is 0.0799. The van der Waals surface area contributed by atoms with Crippen molar-refractivity contribution in [2.45, 2.75) is 39.0 Å². The summed E-state index contributed by atoms with van der Waals surface area (Å²) in [7, 11) is 0. The van der Waals surface area contributed by atoms with Gasteiger partial charge in [0.15, 0.2) is 5.60 Å². The number of fused-ring (bicyclic) bond motifs is 1. The van der Waals surface area contributed by atoms with Crippen molar-refractivity contribution in [2.75, 3.05) is 0 Å². The first-order valence-electron chi connectivity index (χ1n) is 6.94. The Morgan fingerprint density at radius 3 is 2.29 bits per heavy atom. The smallest absolute Gasteiger partial charge is 0.376 e. The van der Waals surface area contributed by atoms with E-state index in [1.165, 1.54) is 6.07 Å². The van der Waals surface area contributed by atoms with Crippen LogP contribution < -0.4 is 0 Å². The van der Waals surface area contributed by atoms with Crippen LogP contribution in [0, 0.1) is 5.92 Å². The van der Waals surface area contributed by atoms with E-state index in [1.54, 1.807) is 24.3 Å². The molecule has 114 valence electrons. The summed E-state index contributed by atoms with van der Waals surface area (Å²) in [5.41, 5.74) is -2.13. The summed E-state index contributed by atoms with van der Waals surface area (Å²) in [5, 5.41) is 11.2. The van der Waals surface area contributed by atoms with Crippen molar-refractivity contribution in [3.05, 3.63) is 47.5 Å². The molecule has 0 radical (unpaired) electrons. The van der Waals surface area contributed by atoms with E-state index in [4.69, 9.17) is 0 Å². The van der Waals surface area contributed by atoms with Crippen LogP contribution in [0.3, 0.4) is 0 Å². The quantitative estimate of drug-likeness (QED) is 0.862. The number of rotatable bonds is 3. The second-order valence-electron chi connectivity index (χ2n) is 6.03. The van der Waals surface area contributed by atoms with Crippen molar-refractivity contribution in [3.8, 4) is 0 Å². The standard InChI is InChI=1S/C17H19F3O/c1-11(2)8-12-9-13-6-4-5-7-14(13)15(10-12)16(3,21)17(18,19)20/h4-7,9-11,21H,8H2,1-3H3. The lowest BCUT2D eigenvalue weighted by Gasteiger charge is -2.28. The normalized spacial score (nSPS) is 15.4. The monoisotopic (exact) mass is 296 g/mol. The number of aliphatic hydroxyl groups is 1. The van der Waals surface area contributed by atoms with Gasteiger partial charge < -0.3 is 5.11 Å². The second-order valence-corrected chi connectivity index (χ2v) is 6.03. The molecule has 0 fully saturated rings. The largest absolute Gasteiger partial charge is 0.421 e. The van der Waals surface area contributed by atoms with Gasteiger partial charge in [-0.15, -0.1) is 0 Å². The molecule has 0 heterocycles. The van der Waals surface area contributed by atoms with E-state index < -0.39 is 11.8 Å². The molecule has 1 nitrogen and oxygen atoms in total. The highest BCUT2D eigenvalue weighted by Gasteiger charge is 2.51. The summed E-state index contributed by atoms with van der Waals surface area (Å²) in [6, 6.07) is 10.2. The average molecular weight is 296 g/mol. The molecule has 21 heavy (non-hydrogen) atoms. The zero-order valence-electron chi connectivity index (χ0n) is 12.3. The maximum Gasteiger partial charge on any atom is 0.421 e. The molecule has 1 atom stereocenters. The van der Waals surface area contributed by atoms with Crippen LogP contribution in [-0.4, -0.2) is 11.3 Å². The fraction of sp³-hybridized carbons (Fsp3) is 0.412. The van der Waals surface area contributed by atoms with E-state index in [0.29, 0.717) is 17.7 Å². The number of hydrogen-bond acceptors (Lipinski definition) is 1. The second kappa shape index (κ2) is 5.34. The van der Waals surface area contributed by atoms with Gasteiger partial charge in [0, 0.05) is 5.56 Å². The van der Waals surface area contributed by atoms with Gasteiger partial charge in [-0.3, -0.25) is 0 Å². The third-order valence-corrected chi connectivity index (χ3v) is 3.64. The molecule has 0 spiro atoms. The zero-order valence-corrected chi connectivity index (χ0v) is 12.3. The molecule has 0 saturated carbocycles. The molecule has 1 N–H and O–H groups in total. The Kier molecular flexibility index (Phi) is 4.02. The minimum atomic E-state index is -4.72. The van der Waals surface area contributed by atoms with Crippen molar-refractivity contribution < 1.29 is 18.3 Å². The van der Waals surface area contributed by atoms with E-state index in [1.807, 2.05) is 19.9 Å². The minimum Gasteiger partial charge on any atom is -0.376 e. The van der Waals surface area contributed by atoms with Crippen LogP contribution >= 0.6 is 0 Å². The lowest BCUT2D eigenvalue weighted by atomic mass is 9.87. The van der Waals surface area contributed by atoms with Gasteiger partial charge in [0.1, 0.15) is 0 Å². The lowest BCUT2D eigenvalue weighted by molar-refractivity contribution is -0.258. The van der Waals surface area contributed by atoms with Crippen LogP contribution in [0.5, 0.6) is 0 Å². The predicted molar refractivity (Wildman–Crippen MR) is 78.1 cm³/mol. The van der Waals surface area contributed by atoms with Gasteiger partial charge in [-0.05, 0) is 35.6 Å². The van der Waals surface area contributed by atoms with Crippen LogP contribution in [0.25, 0.3) is 10.8 Å². The van der Waals surface area contributed by atoms with Crippen LogP contribution in [-0.2, 0) is 12.0 Å². The Hall–Kier alpha value is -1.55. The van der Waals surface area contributed by atoms with Crippen molar-refractivity contribution in [3.63, 3.8) is 0 Å². The molecule has 2 aromatic rings. The molecule has 0 aliphatic rings.